The van der Waals surface area contributed by atoms with E-state index in [-0.39, 0.29) is 29.8 Å². The number of pyridine rings is 1. The lowest BCUT2D eigenvalue weighted by Gasteiger charge is -2.22. The molecule has 7 heteroatoms. The van der Waals surface area contributed by atoms with Gasteiger partial charge in [0.15, 0.2) is 23.4 Å². The SMILES string of the molecule is CC1Oc2ccc(C(=O)O)nc2NC1=O.Cl. The Bertz CT molecular complexity index is 449. The van der Waals surface area contributed by atoms with E-state index < -0.39 is 12.1 Å². The van der Waals surface area contributed by atoms with Crippen molar-refractivity contribution in [3.8, 4) is 5.75 Å². The molecular weight excluding hydrogens is 236 g/mol. The molecule has 1 atom stereocenters. The van der Waals surface area contributed by atoms with Crippen molar-refractivity contribution in [3.63, 3.8) is 0 Å². The quantitative estimate of drug-likeness (QED) is 0.767. The average molecular weight is 245 g/mol. The normalized spacial score (nSPS) is 17.6. The second-order valence-corrected chi connectivity index (χ2v) is 3.10. The van der Waals surface area contributed by atoms with Crippen molar-refractivity contribution in [1.82, 2.24) is 4.98 Å². The molecule has 1 aliphatic rings. The molecule has 86 valence electrons. The van der Waals surface area contributed by atoms with E-state index in [2.05, 4.69) is 10.3 Å². The standard InChI is InChI=1S/C9H8N2O4.ClH/c1-4-8(12)11-7-6(15-4)3-2-5(10-7)9(13)14;/h2-4H,1H3,(H,13,14)(H,10,11,12);1H. The molecule has 2 N–H and O–H groups in total. The van der Waals surface area contributed by atoms with Crippen LogP contribution in [0.25, 0.3) is 0 Å². The molecule has 0 saturated heterocycles. The monoisotopic (exact) mass is 244 g/mol. The van der Waals surface area contributed by atoms with Gasteiger partial charge in [0.1, 0.15) is 0 Å². The maximum atomic E-state index is 11.2. The minimum Gasteiger partial charge on any atom is -0.477 e. The van der Waals surface area contributed by atoms with Gasteiger partial charge in [-0.25, -0.2) is 9.78 Å². The fraction of sp³-hybridized carbons (Fsp3) is 0.222. The van der Waals surface area contributed by atoms with Crippen LogP contribution in [-0.4, -0.2) is 28.1 Å². The fourth-order valence-electron chi connectivity index (χ4n) is 1.21. The van der Waals surface area contributed by atoms with E-state index in [1.165, 1.54) is 12.1 Å². The number of aromatic nitrogens is 1. The van der Waals surface area contributed by atoms with Gasteiger partial charge in [0.05, 0.1) is 0 Å². The molecule has 1 amide bonds. The average Bonchev–Trinajstić information content (AvgIpc) is 2.19. The Kier molecular flexibility index (Phi) is 3.34. The van der Waals surface area contributed by atoms with Crippen molar-refractivity contribution in [1.29, 1.82) is 0 Å². The van der Waals surface area contributed by atoms with Crippen molar-refractivity contribution in [2.75, 3.05) is 5.32 Å². The van der Waals surface area contributed by atoms with Crippen LogP contribution in [0.3, 0.4) is 0 Å². The van der Waals surface area contributed by atoms with Gasteiger partial charge < -0.3 is 15.2 Å². The van der Waals surface area contributed by atoms with Gasteiger partial charge in [-0.1, -0.05) is 0 Å². The second kappa shape index (κ2) is 4.36. The third kappa shape index (κ3) is 2.06. The molecule has 0 saturated carbocycles. The number of amides is 1. The number of anilines is 1. The molecule has 2 rings (SSSR count). The van der Waals surface area contributed by atoms with Crippen molar-refractivity contribution in [2.24, 2.45) is 0 Å². The summed E-state index contributed by atoms with van der Waals surface area (Å²) in [5.41, 5.74) is -0.132. The van der Waals surface area contributed by atoms with Gasteiger partial charge in [-0.05, 0) is 19.1 Å². The number of hydrogen-bond donors (Lipinski definition) is 2. The van der Waals surface area contributed by atoms with Gasteiger partial charge in [-0.2, -0.15) is 0 Å². The first-order valence-corrected chi connectivity index (χ1v) is 4.30. The van der Waals surface area contributed by atoms with Gasteiger partial charge in [-0.15, -0.1) is 12.4 Å². The third-order valence-electron chi connectivity index (χ3n) is 1.99. The van der Waals surface area contributed by atoms with Gasteiger partial charge >= 0.3 is 5.97 Å². The molecule has 1 aromatic rings. The minimum absolute atomic E-state index is 0. The number of carboxylic acids is 1. The zero-order valence-corrected chi connectivity index (χ0v) is 9.08. The van der Waals surface area contributed by atoms with Crippen LogP contribution >= 0.6 is 12.4 Å². The van der Waals surface area contributed by atoms with Crippen molar-refractivity contribution < 1.29 is 19.4 Å². The fourth-order valence-corrected chi connectivity index (χ4v) is 1.21. The summed E-state index contributed by atoms with van der Waals surface area (Å²) < 4.78 is 5.21. The van der Waals surface area contributed by atoms with Crippen LogP contribution in [0.2, 0.25) is 0 Å². The maximum Gasteiger partial charge on any atom is 0.354 e. The highest BCUT2D eigenvalue weighted by atomic mass is 35.5. The number of nitrogens with one attached hydrogen (secondary N) is 1. The number of rotatable bonds is 1. The molecule has 16 heavy (non-hydrogen) atoms. The van der Waals surface area contributed by atoms with Crippen LogP contribution in [0.4, 0.5) is 5.82 Å². The Morgan fingerprint density at radius 2 is 2.25 bits per heavy atom. The highest BCUT2D eigenvalue weighted by molar-refractivity contribution is 5.97. The molecule has 2 heterocycles. The number of aromatic carboxylic acids is 1. The Morgan fingerprint density at radius 1 is 1.56 bits per heavy atom. The zero-order chi connectivity index (χ0) is 11.0. The second-order valence-electron chi connectivity index (χ2n) is 3.10. The van der Waals surface area contributed by atoms with E-state index in [1.54, 1.807) is 6.92 Å². The number of halogens is 1. The number of carbonyl (C=O) groups is 2. The maximum absolute atomic E-state index is 11.2. The Morgan fingerprint density at radius 3 is 2.88 bits per heavy atom. The Hall–Kier alpha value is -1.82. The highest BCUT2D eigenvalue weighted by Gasteiger charge is 2.25. The number of fused-ring (bicyclic) bond motifs is 1. The van der Waals surface area contributed by atoms with Crippen molar-refractivity contribution in [3.05, 3.63) is 17.8 Å². The Balaban J connectivity index is 0.00000128. The lowest BCUT2D eigenvalue weighted by atomic mass is 10.2. The lowest BCUT2D eigenvalue weighted by molar-refractivity contribution is -0.122. The first kappa shape index (κ1) is 12.3. The molecule has 6 nitrogen and oxygen atoms in total. The van der Waals surface area contributed by atoms with E-state index in [4.69, 9.17) is 9.84 Å². The molecule has 0 spiro atoms. The van der Waals surface area contributed by atoms with Crippen LogP contribution < -0.4 is 10.1 Å². The summed E-state index contributed by atoms with van der Waals surface area (Å²) in [6, 6.07) is 2.80. The lowest BCUT2D eigenvalue weighted by Crippen LogP contribution is -2.35. The van der Waals surface area contributed by atoms with E-state index in [0.717, 1.165) is 0 Å². The first-order valence-electron chi connectivity index (χ1n) is 4.30. The topological polar surface area (TPSA) is 88.5 Å². The first-order chi connectivity index (χ1) is 7.08. The van der Waals surface area contributed by atoms with Crippen LogP contribution in [-0.2, 0) is 4.79 Å². The van der Waals surface area contributed by atoms with Crippen LogP contribution in [0.5, 0.6) is 5.75 Å². The van der Waals surface area contributed by atoms with Crippen LogP contribution in [0.15, 0.2) is 12.1 Å². The minimum atomic E-state index is -1.15. The number of ether oxygens (including phenoxy) is 1. The van der Waals surface area contributed by atoms with Crippen molar-refractivity contribution >= 4 is 30.1 Å². The number of carboxylic acid groups (broad SMARTS) is 1. The van der Waals surface area contributed by atoms with E-state index in [0.29, 0.717) is 5.75 Å². The molecular formula is C9H9ClN2O4. The third-order valence-corrected chi connectivity index (χ3v) is 1.99. The highest BCUT2D eigenvalue weighted by Crippen LogP contribution is 2.27. The van der Waals surface area contributed by atoms with E-state index in [1.807, 2.05) is 0 Å². The molecule has 0 radical (unpaired) electrons. The zero-order valence-electron chi connectivity index (χ0n) is 8.26. The molecule has 0 aromatic carbocycles. The van der Waals surface area contributed by atoms with Crippen LogP contribution in [0.1, 0.15) is 17.4 Å². The summed E-state index contributed by atoms with van der Waals surface area (Å²) in [6.45, 7) is 1.60. The van der Waals surface area contributed by atoms with Crippen molar-refractivity contribution in [2.45, 2.75) is 13.0 Å². The molecule has 0 aliphatic carbocycles. The van der Waals surface area contributed by atoms with Crippen LogP contribution in [0, 0.1) is 0 Å². The summed E-state index contributed by atoms with van der Waals surface area (Å²) in [5, 5.41) is 11.2. The summed E-state index contributed by atoms with van der Waals surface area (Å²) in [4.78, 5) is 25.6. The van der Waals surface area contributed by atoms with Gasteiger partial charge in [0.2, 0.25) is 0 Å². The number of hydrogen-bond acceptors (Lipinski definition) is 4. The predicted molar refractivity (Wildman–Crippen MR) is 57.2 cm³/mol. The Labute approximate surface area is 97.0 Å². The molecule has 1 aromatic heterocycles. The molecule has 1 aliphatic heterocycles. The smallest absolute Gasteiger partial charge is 0.354 e. The number of nitrogens with zero attached hydrogens (tertiary/aromatic N) is 1. The van der Waals surface area contributed by atoms with Gasteiger partial charge in [0, 0.05) is 0 Å². The predicted octanol–water partition coefficient (Wildman–Crippen LogP) is 0.921. The number of carbonyl (C=O) groups excluding carboxylic acids is 1. The van der Waals surface area contributed by atoms with Gasteiger partial charge in [0.25, 0.3) is 5.91 Å². The summed E-state index contributed by atoms with van der Waals surface area (Å²) in [7, 11) is 0. The van der Waals surface area contributed by atoms with E-state index >= 15 is 0 Å². The molecule has 0 fully saturated rings. The molecule has 1 unspecified atom stereocenters. The van der Waals surface area contributed by atoms with E-state index in [9.17, 15) is 9.59 Å². The summed E-state index contributed by atoms with van der Waals surface area (Å²) in [5.74, 6) is -0.951. The van der Waals surface area contributed by atoms with Gasteiger partial charge in [-0.3, -0.25) is 4.79 Å². The largest absolute Gasteiger partial charge is 0.477 e. The summed E-state index contributed by atoms with van der Waals surface area (Å²) >= 11 is 0. The molecule has 0 bridgehead atoms. The summed E-state index contributed by atoms with van der Waals surface area (Å²) in [6.07, 6.45) is -0.588.